The second-order valence-corrected chi connectivity index (χ2v) is 25.6. The predicted octanol–water partition coefficient (Wildman–Crippen LogP) is 18.0. The second-order valence-electron chi connectivity index (χ2n) is 23.0. The summed E-state index contributed by atoms with van der Waals surface area (Å²) in [5, 5.41) is 2.02. The van der Waals surface area contributed by atoms with Gasteiger partial charge in [-0.25, -0.2) is 0 Å². The minimum absolute atomic E-state index is 0.537. The third-order valence-electron chi connectivity index (χ3n) is 19.2. The van der Waals surface area contributed by atoms with Crippen LogP contribution < -0.4 is 30.3 Å². The average molecular weight is 1050 g/mol. The lowest BCUT2D eigenvalue weighted by Crippen LogP contribution is -2.42. The van der Waals surface area contributed by atoms with Crippen LogP contribution in [-0.4, -0.2) is 0 Å². The van der Waals surface area contributed by atoms with Crippen molar-refractivity contribution in [3.63, 3.8) is 0 Å². The Hall–Kier alpha value is -9.73. The molecule has 0 amide bonds. The van der Waals surface area contributed by atoms with Gasteiger partial charge in [-0.1, -0.05) is 188 Å². The summed E-state index contributed by atoms with van der Waals surface area (Å²) in [6.45, 7) is 4.19. The van der Waals surface area contributed by atoms with Crippen molar-refractivity contribution in [2.45, 2.75) is 24.7 Å². The number of aryl methyl sites for hydroxylation is 2. The SMILES string of the molecule is Cc1ccc(N2c3ccc(-c4ccc5c(c4)C4(c6ccccc6-c6ccccc64)c4ccccc4-5)c4c3P3(=O)c5c(cc(C)cc5Oc5c(-c6ccc7c(c6)C6(c8ccccc8-c8ccccc86)c6ccccc6-7)ccc2c53)O4)cc1. The Morgan fingerprint density at radius 1 is 0.321 bits per heavy atom. The molecule has 0 bridgehead atoms. The maximum absolute atomic E-state index is 18.0. The van der Waals surface area contributed by atoms with Gasteiger partial charge in [0.2, 0.25) is 0 Å². The zero-order chi connectivity index (χ0) is 53.3. The number of ether oxygens (including phenoxy) is 2. The van der Waals surface area contributed by atoms with Gasteiger partial charge in [0, 0.05) is 16.8 Å². The van der Waals surface area contributed by atoms with Gasteiger partial charge in [0.05, 0.1) is 32.8 Å². The lowest BCUT2D eigenvalue weighted by Gasteiger charge is -2.44. The Kier molecular flexibility index (Phi) is 8.25. The maximum Gasteiger partial charge on any atom is 0.189 e. The number of benzene rings is 12. The van der Waals surface area contributed by atoms with Crippen LogP contribution in [0.2, 0.25) is 0 Å². The fraction of sp³-hybridized carbons (Fsp3) is 0.0526. The van der Waals surface area contributed by atoms with Crippen LogP contribution in [-0.2, 0) is 15.4 Å². The molecule has 5 heteroatoms. The van der Waals surface area contributed by atoms with E-state index in [2.05, 4.69) is 261 Å². The summed E-state index contributed by atoms with van der Waals surface area (Å²) in [7, 11) is -3.81. The van der Waals surface area contributed by atoms with Crippen molar-refractivity contribution in [2.24, 2.45) is 0 Å². The summed E-state index contributed by atoms with van der Waals surface area (Å²) in [5.74, 6) is 2.39. The Labute approximate surface area is 469 Å². The van der Waals surface area contributed by atoms with Crippen LogP contribution in [0.5, 0.6) is 23.0 Å². The summed E-state index contributed by atoms with van der Waals surface area (Å²) in [6, 6.07) is 89.1. The topological polar surface area (TPSA) is 38.8 Å². The summed E-state index contributed by atoms with van der Waals surface area (Å²) >= 11 is 0. The molecule has 4 aliphatic carbocycles. The zero-order valence-corrected chi connectivity index (χ0v) is 45.1. The maximum atomic E-state index is 18.0. The lowest BCUT2D eigenvalue weighted by molar-refractivity contribution is 0.462. The highest BCUT2D eigenvalue weighted by atomic mass is 31.2. The third-order valence-corrected chi connectivity index (χ3v) is 22.4. The molecule has 0 fully saturated rings. The number of fused-ring (bicyclic) bond motifs is 20. The highest BCUT2D eigenvalue weighted by molar-refractivity contribution is 7.87. The van der Waals surface area contributed by atoms with Crippen molar-refractivity contribution in [1.82, 2.24) is 0 Å². The summed E-state index contributed by atoms with van der Waals surface area (Å²) in [4.78, 5) is 2.29. The molecule has 12 aromatic carbocycles. The molecule has 0 N–H and O–H groups in total. The van der Waals surface area contributed by atoms with Crippen LogP contribution in [0.4, 0.5) is 17.1 Å². The molecule has 4 nitrogen and oxygen atoms in total. The Morgan fingerprint density at radius 3 is 1.02 bits per heavy atom. The summed E-state index contributed by atoms with van der Waals surface area (Å²) in [5.41, 5.74) is 27.6. The third kappa shape index (κ3) is 5.15. The minimum Gasteiger partial charge on any atom is -0.455 e. The van der Waals surface area contributed by atoms with Gasteiger partial charge in [0.25, 0.3) is 0 Å². The van der Waals surface area contributed by atoms with E-state index in [1.807, 2.05) is 0 Å². The van der Waals surface area contributed by atoms with Crippen molar-refractivity contribution < 1.29 is 14.0 Å². The van der Waals surface area contributed by atoms with E-state index >= 15 is 4.57 Å². The first-order valence-electron chi connectivity index (χ1n) is 28.1. The molecule has 0 atom stereocenters. The molecule has 0 saturated carbocycles. The normalized spacial score (nSPS) is 15.6. The van der Waals surface area contributed by atoms with Gasteiger partial charge >= 0.3 is 0 Å². The van der Waals surface area contributed by atoms with Gasteiger partial charge in [-0.3, -0.25) is 0 Å². The minimum atomic E-state index is -3.81. The molecule has 3 heterocycles. The Bertz CT molecular complexity index is 4560. The molecule has 81 heavy (non-hydrogen) atoms. The van der Waals surface area contributed by atoms with E-state index in [-0.39, 0.29) is 0 Å². The second kappa shape index (κ2) is 15.1. The molecule has 3 aliphatic heterocycles. The van der Waals surface area contributed by atoms with Crippen molar-refractivity contribution >= 4 is 40.1 Å². The van der Waals surface area contributed by atoms with E-state index in [0.717, 1.165) is 50.4 Å². The van der Waals surface area contributed by atoms with Gasteiger partial charge in [0.15, 0.2) is 7.14 Å². The number of anilines is 3. The monoisotopic (exact) mass is 1050 g/mol. The van der Waals surface area contributed by atoms with Crippen LogP contribution in [0, 0.1) is 13.8 Å². The van der Waals surface area contributed by atoms with Crippen molar-refractivity contribution in [3.8, 4) is 89.8 Å². The van der Waals surface area contributed by atoms with Crippen LogP contribution in [0.25, 0.3) is 66.8 Å². The quantitative estimate of drug-likeness (QED) is 0.165. The molecular formula is C76H46NO3P. The van der Waals surface area contributed by atoms with Crippen LogP contribution in [0.3, 0.4) is 0 Å². The van der Waals surface area contributed by atoms with Crippen molar-refractivity contribution in [2.75, 3.05) is 4.90 Å². The molecule has 7 aliphatic rings. The van der Waals surface area contributed by atoms with Gasteiger partial charge in [-0.15, -0.1) is 0 Å². The lowest BCUT2D eigenvalue weighted by atomic mass is 9.70. The first kappa shape index (κ1) is 44.2. The standard InChI is InChI=1S/C76H46NO3P/c1-43-27-31-47(32-28-43)77-66-37-35-48(45-29-33-56-54-19-7-13-25-62(54)75(64(56)41-45)58-21-9-3-15-50(58)51-16-4-10-22-59(51)75)70-72(66)81(78)73-67(77)38-36-49(71(73)80-69-40-44(2)39-68(79-70)74(69)81)46-30-34-57-55-20-8-14-26-63(55)76(65(57)42-46)60-23-11-5-17-52(60)53-18-6-12-24-61(53)76/h3-42H,1-2H3. The van der Waals surface area contributed by atoms with Crippen LogP contribution >= 0.6 is 7.14 Å². The van der Waals surface area contributed by atoms with Crippen LogP contribution in [0.1, 0.15) is 55.6 Å². The summed E-state index contributed by atoms with van der Waals surface area (Å²) < 4.78 is 32.8. The van der Waals surface area contributed by atoms with Gasteiger partial charge in [-0.05, 0) is 180 Å². The van der Waals surface area contributed by atoms with Crippen molar-refractivity contribution in [3.05, 3.63) is 298 Å². The highest BCUT2D eigenvalue weighted by Crippen LogP contribution is 2.69. The van der Waals surface area contributed by atoms with E-state index in [0.29, 0.717) is 38.9 Å². The Balaban J connectivity index is 0.867. The van der Waals surface area contributed by atoms with Gasteiger partial charge in [-0.2, -0.15) is 0 Å². The molecule has 2 spiro atoms. The number of nitrogens with zero attached hydrogens (tertiary/aromatic N) is 1. The molecule has 0 unspecified atom stereocenters. The van der Waals surface area contributed by atoms with Gasteiger partial charge in [0.1, 0.15) is 28.3 Å². The van der Waals surface area contributed by atoms with Crippen LogP contribution in [0.15, 0.2) is 243 Å². The number of rotatable bonds is 3. The van der Waals surface area contributed by atoms with E-state index < -0.39 is 18.0 Å². The van der Waals surface area contributed by atoms with E-state index in [9.17, 15) is 0 Å². The first-order valence-corrected chi connectivity index (χ1v) is 29.8. The molecule has 0 aromatic heterocycles. The fourth-order valence-corrected chi connectivity index (χ4v) is 19.5. The molecule has 19 rings (SSSR count). The number of hydrogen-bond donors (Lipinski definition) is 0. The molecular weight excluding hydrogens is 1010 g/mol. The molecule has 0 radical (unpaired) electrons. The molecule has 12 aromatic rings. The first-order chi connectivity index (χ1) is 39.9. The van der Waals surface area contributed by atoms with Gasteiger partial charge < -0.3 is 18.9 Å². The fourth-order valence-electron chi connectivity index (χ4n) is 16.1. The smallest absolute Gasteiger partial charge is 0.189 e. The Morgan fingerprint density at radius 2 is 0.654 bits per heavy atom. The summed E-state index contributed by atoms with van der Waals surface area (Å²) in [6.07, 6.45) is 0. The number of hydrogen-bond acceptors (Lipinski definition) is 4. The van der Waals surface area contributed by atoms with E-state index in [1.165, 1.54) is 89.0 Å². The van der Waals surface area contributed by atoms with Crippen molar-refractivity contribution in [1.29, 1.82) is 0 Å². The largest absolute Gasteiger partial charge is 0.455 e. The molecule has 378 valence electrons. The van der Waals surface area contributed by atoms with E-state index in [4.69, 9.17) is 9.47 Å². The molecule has 0 saturated heterocycles. The highest BCUT2D eigenvalue weighted by Gasteiger charge is 2.57. The van der Waals surface area contributed by atoms with E-state index in [1.54, 1.807) is 0 Å². The average Bonchev–Trinajstić information content (AvgIpc) is 1.78. The zero-order valence-electron chi connectivity index (χ0n) is 44.2. The predicted molar refractivity (Wildman–Crippen MR) is 327 cm³/mol.